The summed E-state index contributed by atoms with van der Waals surface area (Å²) in [4.78, 5) is 24.6. The second kappa shape index (κ2) is 13.4. The molecule has 6 heteroatoms. The van der Waals surface area contributed by atoms with Gasteiger partial charge in [-0.05, 0) is 92.0 Å². The summed E-state index contributed by atoms with van der Waals surface area (Å²) in [6.07, 6.45) is 12.9. The van der Waals surface area contributed by atoms with Crippen molar-refractivity contribution in [1.82, 2.24) is 0 Å². The molecular formula is C29H36N2O4. The van der Waals surface area contributed by atoms with Gasteiger partial charge in [-0.25, -0.2) is 4.79 Å². The van der Waals surface area contributed by atoms with E-state index in [1.165, 1.54) is 18.9 Å². The summed E-state index contributed by atoms with van der Waals surface area (Å²) in [5.41, 5.74) is 14.6. The Kier molecular flexibility index (Phi) is 9.96. The van der Waals surface area contributed by atoms with Crippen LogP contribution in [0.3, 0.4) is 0 Å². The molecule has 1 aliphatic rings. The van der Waals surface area contributed by atoms with E-state index in [1.807, 2.05) is 6.08 Å². The van der Waals surface area contributed by atoms with E-state index in [2.05, 4.69) is 6.58 Å². The topological polar surface area (TPSA) is 105 Å². The molecule has 1 fully saturated rings. The molecule has 6 nitrogen and oxygen atoms in total. The molecule has 0 aromatic heterocycles. The largest absolute Gasteiger partial charge is 0.462 e. The van der Waals surface area contributed by atoms with Crippen molar-refractivity contribution in [3.05, 3.63) is 72.3 Å². The fraction of sp³-hybridized carbons (Fsp3) is 0.379. The molecule has 0 bridgehead atoms. The molecule has 1 saturated carbocycles. The van der Waals surface area contributed by atoms with Crippen molar-refractivity contribution in [2.24, 2.45) is 11.8 Å². The number of carbonyl (C=O) groups is 2. The molecule has 35 heavy (non-hydrogen) atoms. The Bertz CT molecular complexity index is 1020. The summed E-state index contributed by atoms with van der Waals surface area (Å²) in [6, 6.07) is 12.3. The lowest BCUT2D eigenvalue weighted by atomic mass is 9.80. The molecule has 2 aromatic rings. The van der Waals surface area contributed by atoms with Crippen molar-refractivity contribution in [1.29, 1.82) is 0 Å². The van der Waals surface area contributed by atoms with Gasteiger partial charge in [-0.1, -0.05) is 24.6 Å². The first-order chi connectivity index (χ1) is 16.9. The van der Waals surface area contributed by atoms with E-state index < -0.39 is 5.97 Å². The molecule has 0 unspecified atom stereocenters. The third-order valence-electron chi connectivity index (χ3n) is 6.49. The highest BCUT2D eigenvalue weighted by atomic mass is 16.5. The SMILES string of the molecule is C=CCCCC1CCC(C(=O)Oc2ccc(C=CC(=O)OCCc3cc(N)ccc3N)cc2)CC1. The molecule has 4 N–H and O–H groups in total. The van der Waals surface area contributed by atoms with Crippen LogP contribution in [0.25, 0.3) is 6.08 Å². The Morgan fingerprint density at radius 3 is 2.49 bits per heavy atom. The summed E-state index contributed by atoms with van der Waals surface area (Å²) in [5, 5.41) is 0. The minimum atomic E-state index is -0.442. The number of anilines is 2. The van der Waals surface area contributed by atoms with Gasteiger partial charge in [-0.2, -0.15) is 0 Å². The summed E-state index contributed by atoms with van der Waals surface area (Å²) < 4.78 is 10.8. The maximum absolute atomic E-state index is 12.6. The summed E-state index contributed by atoms with van der Waals surface area (Å²) in [7, 11) is 0. The van der Waals surface area contributed by atoms with Crippen LogP contribution in [0.1, 0.15) is 56.1 Å². The van der Waals surface area contributed by atoms with Gasteiger partial charge in [0, 0.05) is 23.9 Å². The van der Waals surface area contributed by atoms with E-state index in [1.54, 1.807) is 48.5 Å². The Labute approximate surface area is 208 Å². The molecule has 186 valence electrons. The number of unbranched alkanes of at least 4 members (excludes halogenated alkanes) is 1. The van der Waals surface area contributed by atoms with Crippen LogP contribution in [-0.2, 0) is 20.7 Å². The molecule has 0 amide bonds. The van der Waals surface area contributed by atoms with E-state index in [-0.39, 0.29) is 18.5 Å². The zero-order valence-electron chi connectivity index (χ0n) is 20.3. The summed E-state index contributed by atoms with van der Waals surface area (Å²) in [6.45, 7) is 3.99. The lowest BCUT2D eigenvalue weighted by molar-refractivity contribution is -0.140. The average molecular weight is 477 g/mol. The number of nitrogens with two attached hydrogens (primary N) is 2. The zero-order valence-corrected chi connectivity index (χ0v) is 20.3. The number of nitrogen functional groups attached to an aromatic ring is 2. The summed E-state index contributed by atoms with van der Waals surface area (Å²) >= 11 is 0. The van der Waals surface area contributed by atoms with E-state index in [9.17, 15) is 9.59 Å². The first-order valence-corrected chi connectivity index (χ1v) is 12.4. The Balaban J connectivity index is 1.39. The van der Waals surface area contributed by atoms with Gasteiger partial charge >= 0.3 is 11.9 Å². The van der Waals surface area contributed by atoms with Crippen LogP contribution in [0.5, 0.6) is 5.75 Å². The molecule has 0 atom stereocenters. The molecule has 0 aliphatic heterocycles. The number of carbonyl (C=O) groups excluding carboxylic acids is 2. The molecule has 3 rings (SSSR count). The van der Waals surface area contributed by atoms with Gasteiger partial charge in [-0.15, -0.1) is 6.58 Å². The van der Waals surface area contributed by atoms with Crippen LogP contribution in [0.15, 0.2) is 61.2 Å². The van der Waals surface area contributed by atoms with Crippen LogP contribution in [0.2, 0.25) is 0 Å². The number of hydrogen-bond donors (Lipinski definition) is 2. The van der Waals surface area contributed by atoms with Crippen LogP contribution >= 0.6 is 0 Å². The maximum Gasteiger partial charge on any atom is 0.330 e. The smallest absolute Gasteiger partial charge is 0.330 e. The third-order valence-corrected chi connectivity index (χ3v) is 6.49. The Hall–Kier alpha value is -3.54. The number of esters is 2. The minimum Gasteiger partial charge on any atom is -0.462 e. The monoisotopic (exact) mass is 476 g/mol. The van der Waals surface area contributed by atoms with Crippen LogP contribution in [-0.4, -0.2) is 18.5 Å². The fourth-order valence-electron chi connectivity index (χ4n) is 4.40. The highest BCUT2D eigenvalue weighted by Crippen LogP contribution is 2.33. The lowest BCUT2D eigenvalue weighted by Crippen LogP contribution is -2.25. The highest BCUT2D eigenvalue weighted by Gasteiger charge is 2.27. The van der Waals surface area contributed by atoms with E-state index in [0.717, 1.165) is 43.2 Å². The highest BCUT2D eigenvalue weighted by molar-refractivity contribution is 5.87. The third kappa shape index (κ3) is 8.63. The van der Waals surface area contributed by atoms with Crippen LogP contribution in [0, 0.1) is 11.8 Å². The van der Waals surface area contributed by atoms with Crippen molar-refractivity contribution in [3.63, 3.8) is 0 Å². The number of allylic oxidation sites excluding steroid dienone is 1. The molecule has 0 radical (unpaired) electrons. The fourth-order valence-corrected chi connectivity index (χ4v) is 4.40. The number of ether oxygens (including phenoxy) is 2. The molecule has 0 spiro atoms. The Morgan fingerprint density at radius 2 is 1.77 bits per heavy atom. The first-order valence-electron chi connectivity index (χ1n) is 12.4. The standard InChI is InChI=1S/C29H36N2O4/c1-2-3-4-5-21-6-11-23(12-7-21)29(33)35-26-14-8-22(9-15-26)10-17-28(32)34-19-18-24-20-25(30)13-16-27(24)31/h2,8-10,13-17,20-21,23H,1,3-7,11-12,18-19,30-31H2. The number of rotatable bonds is 11. The predicted octanol–water partition coefficient (Wildman–Crippen LogP) is 5.72. The molecular weight excluding hydrogens is 440 g/mol. The van der Waals surface area contributed by atoms with Crippen molar-refractivity contribution in [3.8, 4) is 5.75 Å². The van der Waals surface area contributed by atoms with Gasteiger partial charge in [0.25, 0.3) is 0 Å². The van der Waals surface area contributed by atoms with Gasteiger partial charge in [0.15, 0.2) is 0 Å². The van der Waals surface area contributed by atoms with Gasteiger partial charge in [0.2, 0.25) is 0 Å². The molecule has 0 heterocycles. The van der Waals surface area contributed by atoms with Gasteiger partial charge in [-0.3, -0.25) is 4.79 Å². The number of benzene rings is 2. The van der Waals surface area contributed by atoms with E-state index >= 15 is 0 Å². The van der Waals surface area contributed by atoms with Crippen molar-refractivity contribution < 1.29 is 19.1 Å². The van der Waals surface area contributed by atoms with Gasteiger partial charge < -0.3 is 20.9 Å². The normalized spacial score (nSPS) is 17.7. The molecule has 1 aliphatic carbocycles. The quantitative estimate of drug-likeness (QED) is 0.107. The predicted molar refractivity (Wildman–Crippen MR) is 141 cm³/mol. The van der Waals surface area contributed by atoms with Crippen LogP contribution in [0.4, 0.5) is 11.4 Å². The van der Waals surface area contributed by atoms with Crippen molar-refractivity contribution in [2.75, 3.05) is 18.1 Å². The van der Waals surface area contributed by atoms with E-state index in [4.69, 9.17) is 20.9 Å². The first kappa shape index (κ1) is 26.1. The van der Waals surface area contributed by atoms with Gasteiger partial charge in [0.1, 0.15) is 5.75 Å². The number of hydrogen-bond acceptors (Lipinski definition) is 6. The molecule has 2 aromatic carbocycles. The lowest BCUT2D eigenvalue weighted by Gasteiger charge is -2.27. The van der Waals surface area contributed by atoms with Crippen molar-refractivity contribution >= 4 is 29.4 Å². The molecule has 0 saturated heterocycles. The average Bonchev–Trinajstić information content (AvgIpc) is 2.86. The van der Waals surface area contributed by atoms with Gasteiger partial charge in [0.05, 0.1) is 12.5 Å². The second-order valence-electron chi connectivity index (χ2n) is 9.14. The second-order valence-corrected chi connectivity index (χ2v) is 9.14. The zero-order chi connectivity index (χ0) is 25.0. The Morgan fingerprint density at radius 1 is 1.03 bits per heavy atom. The maximum atomic E-state index is 12.6. The minimum absolute atomic E-state index is 0.0253. The van der Waals surface area contributed by atoms with E-state index in [0.29, 0.717) is 29.5 Å². The van der Waals surface area contributed by atoms with Crippen LogP contribution < -0.4 is 16.2 Å². The van der Waals surface area contributed by atoms with Crippen molar-refractivity contribution in [2.45, 2.75) is 51.4 Å². The summed E-state index contributed by atoms with van der Waals surface area (Å²) in [5.74, 6) is 0.613.